The Morgan fingerprint density at radius 3 is 3.00 bits per heavy atom. The van der Waals surface area contributed by atoms with Gasteiger partial charge in [-0.15, -0.1) is 0 Å². The van der Waals surface area contributed by atoms with Gasteiger partial charge in [-0.25, -0.2) is 0 Å². The minimum atomic E-state index is 0.00909. The van der Waals surface area contributed by atoms with Gasteiger partial charge in [0.2, 0.25) is 0 Å². The largest absolute Gasteiger partial charge is 0.461 e. The summed E-state index contributed by atoms with van der Waals surface area (Å²) < 4.78 is 5.85. The number of fused-ring (bicyclic) bond motifs is 1. The lowest BCUT2D eigenvalue weighted by Gasteiger charge is -2.26. The average Bonchev–Trinajstić information content (AvgIpc) is 2.33. The molecule has 11 heavy (non-hydrogen) atoms. The molecule has 62 valence electrons. The van der Waals surface area contributed by atoms with E-state index in [1.165, 1.54) is 12.8 Å². The topological polar surface area (TPSA) is 26.3 Å². The summed E-state index contributed by atoms with van der Waals surface area (Å²) >= 11 is 2.40. The Hall–Kier alpha value is 0.200. The Morgan fingerprint density at radius 1 is 1.36 bits per heavy atom. The second-order valence-electron chi connectivity index (χ2n) is 3.35. The van der Waals surface area contributed by atoms with Crippen molar-refractivity contribution in [3.63, 3.8) is 0 Å². The molecule has 1 aliphatic carbocycles. The highest BCUT2D eigenvalue weighted by Gasteiger charge is 2.40. The first kappa shape index (κ1) is 7.83. The monoisotopic (exact) mass is 266 g/mol. The van der Waals surface area contributed by atoms with Crippen LogP contribution < -0.4 is 0 Å². The SMILES string of the molecule is O=C1CC[C@@H]2CC[C@@H](I)[C@@H]2O1. The van der Waals surface area contributed by atoms with Crippen molar-refractivity contribution in [2.75, 3.05) is 0 Å². The summed E-state index contributed by atoms with van der Waals surface area (Å²) in [7, 11) is 0. The van der Waals surface area contributed by atoms with E-state index in [0.29, 0.717) is 16.3 Å². The zero-order chi connectivity index (χ0) is 7.84. The molecule has 0 aromatic rings. The van der Waals surface area contributed by atoms with Gasteiger partial charge in [-0.05, 0) is 25.2 Å². The van der Waals surface area contributed by atoms with Crippen LogP contribution >= 0.6 is 22.6 Å². The van der Waals surface area contributed by atoms with E-state index in [9.17, 15) is 4.79 Å². The van der Waals surface area contributed by atoms with Crippen molar-refractivity contribution >= 4 is 28.6 Å². The molecule has 2 nitrogen and oxygen atoms in total. The molecule has 2 fully saturated rings. The Bertz CT molecular complexity index is 181. The van der Waals surface area contributed by atoms with Crippen molar-refractivity contribution in [3.8, 4) is 0 Å². The zero-order valence-corrected chi connectivity index (χ0v) is 8.41. The van der Waals surface area contributed by atoms with E-state index in [-0.39, 0.29) is 12.1 Å². The first-order valence-corrected chi connectivity index (χ1v) is 5.35. The summed E-state index contributed by atoms with van der Waals surface area (Å²) in [5.74, 6) is 0.685. The zero-order valence-electron chi connectivity index (χ0n) is 6.25. The molecule has 1 heterocycles. The fourth-order valence-electron chi connectivity index (χ4n) is 1.99. The highest BCUT2D eigenvalue weighted by Crippen LogP contribution is 2.39. The minimum Gasteiger partial charge on any atom is -0.461 e. The maximum atomic E-state index is 10.9. The van der Waals surface area contributed by atoms with E-state index >= 15 is 0 Å². The first-order valence-electron chi connectivity index (χ1n) is 4.11. The minimum absolute atomic E-state index is 0.00909. The van der Waals surface area contributed by atoms with Gasteiger partial charge in [0.15, 0.2) is 0 Å². The predicted octanol–water partition coefficient (Wildman–Crippen LogP) is 1.91. The quantitative estimate of drug-likeness (QED) is 0.380. The molecule has 0 spiro atoms. The Morgan fingerprint density at radius 2 is 2.18 bits per heavy atom. The Labute approximate surface area is 79.8 Å². The Kier molecular flexibility index (Phi) is 2.08. The van der Waals surface area contributed by atoms with Crippen molar-refractivity contribution in [1.29, 1.82) is 0 Å². The molecule has 0 unspecified atom stereocenters. The summed E-state index contributed by atoms with van der Waals surface area (Å²) in [6, 6.07) is 0. The van der Waals surface area contributed by atoms with Crippen LogP contribution in [0.5, 0.6) is 0 Å². The van der Waals surface area contributed by atoms with Crippen molar-refractivity contribution in [2.24, 2.45) is 5.92 Å². The van der Waals surface area contributed by atoms with Crippen molar-refractivity contribution in [1.82, 2.24) is 0 Å². The molecule has 0 N–H and O–H groups in total. The number of hydrogen-bond donors (Lipinski definition) is 0. The highest BCUT2D eigenvalue weighted by atomic mass is 127. The van der Waals surface area contributed by atoms with E-state index in [2.05, 4.69) is 22.6 Å². The average molecular weight is 266 g/mol. The summed E-state index contributed by atoms with van der Waals surface area (Å²) in [6.45, 7) is 0. The van der Waals surface area contributed by atoms with Gasteiger partial charge in [-0.1, -0.05) is 22.6 Å². The number of carbonyl (C=O) groups excluding carboxylic acids is 1. The summed E-state index contributed by atoms with van der Waals surface area (Å²) in [4.78, 5) is 10.9. The molecule has 1 saturated carbocycles. The molecular formula is C8H11IO2. The molecule has 0 aromatic carbocycles. The van der Waals surface area contributed by atoms with E-state index in [0.717, 1.165) is 6.42 Å². The van der Waals surface area contributed by atoms with Gasteiger partial charge in [-0.3, -0.25) is 4.79 Å². The predicted molar refractivity (Wildman–Crippen MR) is 49.6 cm³/mol. The number of rotatable bonds is 0. The van der Waals surface area contributed by atoms with Gasteiger partial charge < -0.3 is 4.74 Å². The van der Waals surface area contributed by atoms with Crippen LogP contribution in [-0.2, 0) is 9.53 Å². The van der Waals surface area contributed by atoms with E-state index < -0.39 is 0 Å². The van der Waals surface area contributed by atoms with Gasteiger partial charge in [-0.2, -0.15) is 0 Å². The van der Waals surface area contributed by atoms with Gasteiger partial charge >= 0.3 is 5.97 Å². The fourth-order valence-corrected chi connectivity index (χ4v) is 3.08. The number of carbonyl (C=O) groups is 1. The van der Waals surface area contributed by atoms with Crippen LogP contribution in [0.15, 0.2) is 0 Å². The van der Waals surface area contributed by atoms with E-state index in [1.54, 1.807) is 0 Å². The molecule has 0 radical (unpaired) electrons. The van der Waals surface area contributed by atoms with Gasteiger partial charge in [0.25, 0.3) is 0 Å². The standard InChI is InChI=1S/C8H11IO2/c9-6-3-1-5-2-4-7(10)11-8(5)6/h5-6,8H,1-4H2/t5-,6+,8+/m0/s1. The Balaban J connectivity index is 2.07. The molecule has 2 rings (SSSR count). The second-order valence-corrected chi connectivity index (χ2v) is 4.95. The molecular weight excluding hydrogens is 255 g/mol. The number of halogens is 1. The molecule has 1 aliphatic heterocycles. The van der Waals surface area contributed by atoms with Crippen LogP contribution in [-0.4, -0.2) is 16.0 Å². The lowest BCUT2D eigenvalue weighted by Crippen LogP contribution is -2.32. The van der Waals surface area contributed by atoms with Gasteiger partial charge in [0.1, 0.15) is 6.10 Å². The number of hydrogen-bond acceptors (Lipinski definition) is 2. The molecule has 1 saturated heterocycles. The maximum Gasteiger partial charge on any atom is 0.306 e. The summed E-state index contributed by atoms with van der Waals surface area (Å²) in [5, 5.41) is 0. The lowest BCUT2D eigenvalue weighted by molar-refractivity contribution is -0.155. The molecule has 2 aliphatic rings. The third kappa shape index (κ3) is 1.39. The lowest BCUT2D eigenvalue weighted by atomic mass is 9.97. The van der Waals surface area contributed by atoms with E-state index in [1.807, 2.05) is 0 Å². The van der Waals surface area contributed by atoms with Crippen LogP contribution in [0.1, 0.15) is 25.7 Å². The van der Waals surface area contributed by atoms with Crippen LogP contribution in [0.25, 0.3) is 0 Å². The van der Waals surface area contributed by atoms with E-state index in [4.69, 9.17) is 4.74 Å². The number of alkyl halides is 1. The van der Waals surface area contributed by atoms with Crippen LogP contribution in [0.2, 0.25) is 0 Å². The first-order chi connectivity index (χ1) is 5.27. The maximum absolute atomic E-state index is 10.9. The molecule has 3 heteroatoms. The highest BCUT2D eigenvalue weighted by molar-refractivity contribution is 14.1. The smallest absolute Gasteiger partial charge is 0.306 e. The van der Waals surface area contributed by atoms with Gasteiger partial charge in [0, 0.05) is 10.3 Å². The van der Waals surface area contributed by atoms with Crippen molar-refractivity contribution in [2.45, 2.75) is 35.7 Å². The normalized spacial score (nSPS) is 43.4. The number of esters is 1. The second kappa shape index (κ2) is 2.92. The third-order valence-electron chi connectivity index (χ3n) is 2.62. The summed E-state index contributed by atoms with van der Waals surface area (Å²) in [5.41, 5.74) is 0. The molecule has 0 amide bonds. The molecule has 0 aromatic heterocycles. The third-order valence-corrected chi connectivity index (χ3v) is 3.95. The van der Waals surface area contributed by atoms with Crippen LogP contribution in [0.4, 0.5) is 0 Å². The number of ether oxygens (including phenoxy) is 1. The fraction of sp³-hybridized carbons (Fsp3) is 0.875. The van der Waals surface area contributed by atoms with Crippen molar-refractivity contribution in [3.05, 3.63) is 0 Å². The molecule has 0 bridgehead atoms. The van der Waals surface area contributed by atoms with Crippen LogP contribution in [0.3, 0.4) is 0 Å². The van der Waals surface area contributed by atoms with Crippen LogP contribution in [0, 0.1) is 5.92 Å². The van der Waals surface area contributed by atoms with Gasteiger partial charge in [0.05, 0.1) is 0 Å². The summed E-state index contributed by atoms with van der Waals surface area (Å²) in [6.07, 6.45) is 4.43. The van der Waals surface area contributed by atoms with Crippen molar-refractivity contribution < 1.29 is 9.53 Å². The molecule has 3 atom stereocenters.